The van der Waals surface area contributed by atoms with Gasteiger partial charge in [0, 0.05) is 31.2 Å². The number of hydrogen-bond acceptors (Lipinski definition) is 2. The van der Waals surface area contributed by atoms with Crippen LogP contribution in [-0.4, -0.2) is 11.4 Å². The lowest BCUT2D eigenvalue weighted by Crippen LogP contribution is -2.33. The number of hydrogen-bond donors (Lipinski definition) is 1. The van der Waals surface area contributed by atoms with Crippen molar-refractivity contribution in [1.29, 1.82) is 0 Å². The summed E-state index contributed by atoms with van der Waals surface area (Å²) >= 11 is 0. The van der Waals surface area contributed by atoms with Crippen LogP contribution < -0.4 is 5.73 Å². The molecule has 1 atom stereocenters. The number of fused-ring (bicyclic) bond motifs is 1. The molecular weight excluding hydrogens is 292 g/mol. The van der Waals surface area contributed by atoms with E-state index in [4.69, 9.17) is 5.73 Å². The molecule has 2 heteroatoms. The van der Waals surface area contributed by atoms with E-state index in [2.05, 4.69) is 71.6 Å². The maximum Gasteiger partial charge on any atom is 0.0359 e. The number of benzene rings is 3. The molecule has 120 valence electrons. The molecule has 0 spiro atoms. The van der Waals surface area contributed by atoms with Gasteiger partial charge in [0.25, 0.3) is 0 Å². The fourth-order valence-corrected chi connectivity index (χ4v) is 3.69. The second-order valence-electron chi connectivity index (χ2n) is 6.53. The molecule has 0 aliphatic carbocycles. The first-order chi connectivity index (χ1) is 11.8. The van der Waals surface area contributed by atoms with Gasteiger partial charge in [-0.25, -0.2) is 0 Å². The summed E-state index contributed by atoms with van der Waals surface area (Å²) in [7, 11) is 0. The highest BCUT2D eigenvalue weighted by molar-refractivity contribution is 5.47. The minimum absolute atomic E-state index is 0.418. The van der Waals surface area contributed by atoms with Crippen LogP contribution in [0.2, 0.25) is 0 Å². The van der Waals surface area contributed by atoms with Gasteiger partial charge in [-0.3, -0.25) is 4.90 Å². The van der Waals surface area contributed by atoms with E-state index in [-0.39, 0.29) is 0 Å². The van der Waals surface area contributed by atoms with Crippen molar-refractivity contribution in [2.24, 2.45) is 0 Å². The van der Waals surface area contributed by atoms with Gasteiger partial charge in [0.2, 0.25) is 0 Å². The predicted molar refractivity (Wildman–Crippen MR) is 99.7 cm³/mol. The van der Waals surface area contributed by atoms with Gasteiger partial charge in [0.15, 0.2) is 0 Å². The molecule has 0 aromatic heterocycles. The molecule has 1 aliphatic rings. The summed E-state index contributed by atoms with van der Waals surface area (Å²) in [6.07, 6.45) is 0. The summed E-state index contributed by atoms with van der Waals surface area (Å²) in [6.45, 7) is 2.90. The minimum atomic E-state index is 0.418. The molecular formula is C22H22N2. The molecule has 1 aliphatic heterocycles. The summed E-state index contributed by atoms with van der Waals surface area (Å²) in [5, 5.41) is 0. The Bertz CT molecular complexity index is 826. The number of nitrogen functional groups attached to an aromatic ring is 1. The maximum absolute atomic E-state index is 6.15. The highest BCUT2D eigenvalue weighted by atomic mass is 15.1. The van der Waals surface area contributed by atoms with E-state index in [1.54, 1.807) is 0 Å². The summed E-state index contributed by atoms with van der Waals surface area (Å²) in [4.78, 5) is 2.51. The third kappa shape index (κ3) is 2.93. The van der Waals surface area contributed by atoms with Crippen molar-refractivity contribution < 1.29 is 0 Å². The van der Waals surface area contributed by atoms with Crippen LogP contribution in [0.1, 0.15) is 28.2 Å². The van der Waals surface area contributed by atoms with Gasteiger partial charge in [0.1, 0.15) is 0 Å². The zero-order chi connectivity index (χ0) is 16.4. The topological polar surface area (TPSA) is 29.3 Å². The van der Waals surface area contributed by atoms with Gasteiger partial charge in [0.05, 0.1) is 0 Å². The maximum atomic E-state index is 6.15. The van der Waals surface area contributed by atoms with Crippen molar-refractivity contribution in [3.8, 4) is 0 Å². The Balaban J connectivity index is 1.67. The minimum Gasteiger partial charge on any atom is -0.398 e. The van der Waals surface area contributed by atoms with Gasteiger partial charge >= 0.3 is 0 Å². The van der Waals surface area contributed by atoms with Gasteiger partial charge in [-0.2, -0.15) is 0 Å². The zero-order valence-corrected chi connectivity index (χ0v) is 13.7. The average Bonchev–Trinajstić information content (AvgIpc) is 2.64. The van der Waals surface area contributed by atoms with Gasteiger partial charge in [-0.15, -0.1) is 0 Å². The molecule has 0 saturated heterocycles. The summed E-state index contributed by atoms with van der Waals surface area (Å²) in [5.74, 6) is 0.418. The molecule has 2 nitrogen and oxygen atoms in total. The largest absolute Gasteiger partial charge is 0.398 e. The van der Waals surface area contributed by atoms with Crippen LogP contribution in [0.25, 0.3) is 0 Å². The highest BCUT2D eigenvalue weighted by Crippen LogP contribution is 2.34. The number of para-hydroxylation sites is 1. The molecule has 0 radical (unpaired) electrons. The third-order valence-electron chi connectivity index (χ3n) is 4.92. The molecule has 4 rings (SSSR count). The number of anilines is 1. The second kappa shape index (κ2) is 6.50. The first kappa shape index (κ1) is 15.0. The van der Waals surface area contributed by atoms with E-state index in [9.17, 15) is 0 Å². The fourth-order valence-electron chi connectivity index (χ4n) is 3.69. The van der Waals surface area contributed by atoms with E-state index in [0.717, 1.165) is 25.3 Å². The Morgan fingerprint density at radius 1 is 0.833 bits per heavy atom. The van der Waals surface area contributed by atoms with Crippen molar-refractivity contribution in [3.63, 3.8) is 0 Å². The fraction of sp³-hybridized carbons (Fsp3) is 0.182. The predicted octanol–water partition coefficient (Wildman–Crippen LogP) is 4.42. The van der Waals surface area contributed by atoms with Crippen molar-refractivity contribution >= 4 is 5.69 Å². The number of rotatable bonds is 3. The SMILES string of the molecule is Nc1ccccc1CN1Cc2ccccc2[C@H](c2ccccc2)C1. The van der Waals surface area contributed by atoms with Crippen LogP contribution >= 0.6 is 0 Å². The molecule has 2 N–H and O–H groups in total. The molecule has 1 heterocycles. The molecule has 3 aromatic carbocycles. The Morgan fingerprint density at radius 3 is 2.38 bits per heavy atom. The van der Waals surface area contributed by atoms with E-state index in [0.29, 0.717) is 5.92 Å². The molecule has 0 bridgehead atoms. The van der Waals surface area contributed by atoms with Crippen LogP contribution in [0, 0.1) is 0 Å². The van der Waals surface area contributed by atoms with E-state index in [1.165, 1.54) is 22.3 Å². The first-order valence-electron chi connectivity index (χ1n) is 8.50. The lowest BCUT2D eigenvalue weighted by molar-refractivity contribution is 0.232. The van der Waals surface area contributed by atoms with Gasteiger partial charge in [-0.05, 0) is 28.3 Å². The van der Waals surface area contributed by atoms with Crippen LogP contribution in [-0.2, 0) is 13.1 Å². The standard InChI is InChI=1S/C22H22N2/c23-22-13-7-5-11-19(22)15-24-14-18-10-4-6-12-20(18)21(16-24)17-8-2-1-3-9-17/h1-13,21H,14-16,23H2/t21-/m0/s1. The lowest BCUT2D eigenvalue weighted by Gasteiger charge is -2.35. The number of nitrogens with zero attached hydrogens (tertiary/aromatic N) is 1. The number of nitrogens with two attached hydrogens (primary N) is 1. The summed E-state index contributed by atoms with van der Waals surface area (Å²) in [5.41, 5.74) is 12.5. The molecule has 0 fully saturated rings. The van der Waals surface area contributed by atoms with E-state index in [1.807, 2.05) is 12.1 Å². The average molecular weight is 314 g/mol. The Labute approximate surface area is 143 Å². The van der Waals surface area contributed by atoms with E-state index < -0.39 is 0 Å². The quantitative estimate of drug-likeness (QED) is 0.725. The Kier molecular flexibility index (Phi) is 4.06. The van der Waals surface area contributed by atoms with Crippen LogP contribution in [0.3, 0.4) is 0 Å². The lowest BCUT2D eigenvalue weighted by atomic mass is 9.84. The second-order valence-corrected chi connectivity index (χ2v) is 6.53. The highest BCUT2D eigenvalue weighted by Gasteiger charge is 2.26. The molecule has 3 aromatic rings. The van der Waals surface area contributed by atoms with E-state index >= 15 is 0 Å². The molecule has 0 unspecified atom stereocenters. The van der Waals surface area contributed by atoms with Gasteiger partial charge in [-0.1, -0.05) is 72.8 Å². The van der Waals surface area contributed by atoms with Crippen LogP contribution in [0.15, 0.2) is 78.9 Å². The first-order valence-corrected chi connectivity index (χ1v) is 8.50. The van der Waals surface area contributed by atoms with Gasteiger partial charge < -0.3 is 5.73 Å². The monoisotopic (exact) mass is 314 g/mol. The molecule has 0 saturated carbocycles. The molecule has 0 amide bonds. The van der Waals surface area contributed by atoms with Crippen molar-refractivity contribution in [2.75, 3.05) is 12.3 Å². The Morgan fingerprint density at radius 2 is 1.54 bits per heavy atom. The summed E-state index contributed by atoms with van der Waals surface area (Å²) in [6, 6.07) is 27.8. The Hall–Kier alpha value is -2.58. The molecule has 24 heavy (non-hydrogen) atoms. The third-order valence-corrected chi connectivity index (χ3v) is 4.92. The summed E-state index contributed by atoms with van der Waals surface area (Å²) < 4.78 is 0. The van der Waals surface area contributed by atoms with Crippen LogP contribution in [0.5, 0.6) is 0 Å². The normalized spacial score (nSPS) is 17.4. The van der Waals surface area contributed by atoms with Crippen LogP contribution in [0.4, 0.5) is 5.69 Å². The van der Waals surface area contributed by atoms with Crippen molar-refractivity contribution in [2.45, 2.75) is 19.0 Å². The van der Waals surface area contributed by atoms with Crippen molar-refractivity contribution in [1.82, 2.24) is 4.90 Å². The van der Waals surface area contributed by atoms with Crippen molar-refractivity contribution in [3.05, 3.63) is 101 Å². The smallest absolute Gasteiger partial charge is 0.0359 e. The zero-order valence-electron chi connectivity index (χ0n) is 13.7.